The Morgan fingerprint density at radius 1 is 1.38 bits per heavy atom. The lowest BCUT2D eigenvalue weighted by atomic mass is 9.65. The van der Waals surface area contributed by atoms with Gasteiger partial charge in [0.15, 0.2) is 0 Å². The van der Waals surface area contributed by atoms with Gasteiger partial charge in [-0.1, -0.05) is 38.0 Å². The van der Waals surface area contributed by atoms with Gasteiger partial charge >= 0.3 is 0 Å². The summed E-state index contributed by atoms with van der Waals surface area (Å²) in [6, 6.07) is 10.1. The standard InChI is InChI=1S/C18H23NO2/c1-13-5-4-6-14(11-13)17(20)18(12-19)9-10-21-16-8-3-2-7-15(16)18/h2-3,7-8,13-14,17,20H,4-6,9-11H2,1H3. The van der Waals surface area contributed by atoms with Crippen LogP contribution >= 0.6 is 0 Å². The van der Waals surface area contributed by atoms with Gasteiger partial charge in [-0.2, -0.15) is 5.26 Å². The molecule has 1 aliphatic heterocycles. The molecule has 0 saturated heterocycles. The Labute approximate surface area is 126 Å². The van der Waals surface area contributed by atoms with E-state index in [1.807, 2.05) is 24.3 Å². The molecule has 3 nitrogen and oxygen atoms in total. The molecule has 2 aliphatic rings. The van der Waals surface area contributed by atoms with Crippen LogP contribution in [-0.4, -0.2) is 17.8 Å². The summed E-state index contributed by atoms with van der Waals surface area (Å²) in [4.78, 5) is 0. The molecule has 21 heavy (non-hydrogen) atoms. The zero-order chi connectivity index (χ0) is 14.9. The second-order valence-electron chi connectivity index (χ2n) is 6.65. The Kier molecular flexibility index (Phi) is 3.91. The van der Waals surface area contributed by atoms with Crippen LogP contribution in [0.3, 0.4) is 0 Å². The number of aliphatic hydroxyl groups is 1. The molecule has 0 amide bonds. The van der Waals surface area contributed by atoms with Gasteiger partial charge in [0.1, 0.15) is 11.2 Å². The quantitative estimate of drug-likeness (QED) is 0.906. The number of nitriles is 1. The second kappa shape index (κ2) is 5.69. The van der Waals surface area contributed by atoms with E-state index in [9.17, 15) is 10.4 Å². The van der Waals surface area contributed by atoms with Gasteiger partial charge in [-0.05, 0) is 30.7 Å². The van der Waals surface area contributed by atoms with Crippen molar-refractivity contribution < 1.29 is 9.84 Å². The first-order chi connectivity index (χ1) is 10.2. The highest BCUT2D eigenvalue weighted by molar-refractivity contribution is 5.46. The minimum Gasteiger partial charge on any atom is -0.493 e. The summed E-state index contributed by atoms with van der Waals surface area (Å²) in [5, 5.41) is 20.9. The molecule has 0 aromatic heterocycles. The molecule has 1 heterocycles. The molecule has 1 aromatic rings. The third kappa shape index (κ3) is 2.42. The summed E-state index contributed by atoms with van der Waals surface area (Å²) >= 11 is 0. The largest absolute Gasteiger partial charge is 0.493 e. The van der Waals surface area contributed by atoms with E-state index in [1.165, 1.54) is 6.42 Å². The number of ether oxygens (including phenoxy) is 1. The highest BCUT2D eigenvalue weighted by atomic mass is 16.5. The second-order valence-corrected chi connectivity index (χ2v) is 6.65. The first-order valence-electron chi connectivity index (χ1n) is 7.99. The summed E-state index contributed by atoms with van der Waals surface area (Å²) in [6.07, 6.45) is 4.42. The van der Waals surface area contributed by atoms with E-state index in [2.05, 4.69) is 13.0 Å². The smallest absolute Gasteiger partial charge is 0.124 e. The molecule has 3 rings (SSSR count). The number of benzene rings is 1. The summed E-state index contributed by atoms with van der Waals surface area (Å²) in [6.45, 7) is 2.75. The third-order valence-corrected chi connectivity index (χ3v) is 5.25. The van der Waals surface area contributed by atoms with Gasteiger partial charge in [0.25, 0.3) is 0 Å². The van der Waals surface area contributed by atoms with Crippen LogP contribution in [-0.2, 0) is 5.41 Å². The Hall–Kier alpha value is -1.53. The molecular weight excluding hydrogens is 262 g/mol. The molecule has 1 aromatic carbocycles. The van der Waals surface area contributed by atoms with Crippen molar-refractivity contribution in [2.24, 2.45) is 11.8 Å². The monoisotopic (exact) mass is 285 g/mol. The zero-order valence-electron chi connectivity index (χ0n) is 12.6. The van der Waals surface area contributed by atoms with E-state index in [0.717, 1.165) is 30.6 Å². The minimum atomic E-state index is -0.809. The molecule has 1 saturated carbocycles. The molecule has 1 aliphatic carbocycles. The third-order valence-electron chi connectivity index (χ3n) is 5.25. The summed E-state index contributed by atoms with van der Waals surface area (Å²) in [5.74, 6) is 1.62. The van der Waals surface area contributed by atoms with Crippen molar-refractivity contribution in [2.75, 3.05) is 6.61 Å². The Balaban J connectivity index is 1.96. The van der Waals surface area contributed by atoms with Gasteiger partial charge in [-0.3, -0.25) is 0 Å². The lowest BCUT2D eigenvalue weighted by molar-refractivity contribution is 0.0105. The van der Waals surface area contributed by atoms with E-state index < -0.39 is 11.5 Å². The van der Waals surface area contributed by atoms with E-state index in [0.29, 0.717) is 18.9 Å². The number of aliphatic hydroxyl groups excluding tert-OH is 1. The van der Waals surface area contributed by atoms with Gasteiger partial charge in [0, 0.05) is 12.0 Å². The molecule has 0 spiro atoms. The lowest BCUT2D eigenvalue weighted by Crippen LogP contribution is -2.47. The molecule has 4 unspecified atom stereocenters. The van der Waals surface area contributed by atoms with Crippen molar-refractivity contribution in [3.63, 3.8) is 0 Å². The minimum absolute atomic E-state index is 0.222. The number of hydrogen-bond donors (Lipinski definition) is 1. The predicted octanol–water partition coefficient (Wildman–Crippen LogP) is 3.42. The van der Waals surface area contributed by atoms with Crippen LogP contribution in [0.5, 0.6) is 5.75 Å². The normalized spacial score (nSPS) is 33.4. The average molecular weight is 285 g/mol. The summed E-state index contributed by atoms with van der Waals surface area (Å²) in [5.41, 5.74) is 0.0563. The van der Waals surface area contributed by atoms with Crippen LogP contribution in [0.25, 0.3) is 0 Å². The maximum atomic E-state index is 11.0. The fourth-order valence-corrected chi connectivity index (χ4v) is 4.08. The SMILES string of the molecule is CC1CCCC(C(O)C2(C#N)CCOc3ccccc32)C1. The molecule has 0 radical (unpaired) electrons. The van der Waals surface area contributed by atoms with E-state index in [-0.39, 0.29) is 5.92 Å². The first-order valence-corrected chi connectivity index (χ1v) is 7.99. The van der Waals surface area contributed by atoms with Gasteiger partial charge in [0.2, 0.25) is 0 Å². The van der Waals surface area contributed by atoms with Crippen LogP contribution in [0.1, 0.15) is 44.6 Å². The molecular formula is C18H23NO2. The van der Waals surface area contributed by atoms with Crippen molar-refractivity contribution in [3.8, 4) is 11.8 Å². The zero-order valence-corrected chi connectivity index (χ0v) is 12.6. The van der Waals surface area contributed by atoms with Crippen molar-refractivity contribution in [2.45, 2.75) is 50.5 Å². The fourth-order valence-electron chi connectivity index (χ4n) is 4.08. The van der Waals surface area contributed by atoms with Gasteiger partial charge < -0.3 is 9.84 Å². The van der Waals surface area contributed by atoms with Gasteiger partial charge in [-0.25, -0.2) is 0 Å². The van der Waals surface area contributed by atoms with Crippen LogP contribution < -0.4 is 4.74 Å². The Morgan fingerprint density at radius 3 is 2.95 bits per heavy atom. The van der Waals surface area contributed by atoms with Crippen molar-refractivity contribution >= 4 is 0 Å². The number of hydrogen-bond acceptors (Lipinski definition) is 3. The van der Waals surface area contributed by atoms with Crippen LogP contribution in [0, 0.1) is 23.2 Å². The maximum absolute atomic E-state index is 11.0. The number of rotatable bonds is 2. The lowest BCUT2D eigenvalue weighted by Gasteiger charge is -2.42. The van der Waals surface area contributed by atoms with Crippen LogP contribution in [0.4, 0.5) is 0 Å². The topological polar surface area (TPSA) is 53.2 Å². The molecule has 112 valence electrons. The fraction of sp³-hybridized carbons (Fsp3) is 0.611. The Morgan fingerprint density at radius 2 is 2.19 bits per heavy atom. The predicted molar refractivity (Wildman–Crippen MR) is 81.0 cm³/mol. The number of para-hydroxylation sites is 1. The summed E-state index contributed by atoms with van der Waals surface area (Å²) in [7, 11) is 0. The number of fused-ring (bicyclic) bond motifs is 1. The van der Waals surface area contributed by atoms with Crippen LogP contribution in [0.2, 0.25) is 0 Å². The van der Waals surface area contributed by atoms with Crippen molar-refractivity contribution in [1.29, 1.82) is 5.26 Å². The van der Waals surface area contributed by atoms with Gasteiger partial charge in [0.05, 0.1) is 18.8 Å². The Bertz CT molecular complexity index is 550. The molecule has 4 atom stereocenters. The van der Waals surface area contributed by atoms with Crippen LogP contribution in [0.15, 0.2) is 24.3 Å². The van der Waals surface area contributed by atoms with Gasteiger partial charge in [-0.15, -0.1) is 0 Å². The highest BCUT2D eigenvalue weighted by Crippen LogP contribution is 2.45. The van der Waals surface area contributed by atoms with Crippen molar-refractivity contribution in [1.82, 2.24) is 0 Å². The van der Waals surface area contributed by atoms with E-state index >= 15 is 0 Å². The maximum Gasteiger partial charge on any atom is 0.124 e. The highest BCUT2D eigenvalue weighted by Gasteiger charge is 2.47. The summed E-state index contributed by atoms with van der Waals surface area (Å²) < 4.78 is 5.68. The molecule has 3 heteroatoms. The van der Waals surface area contributed by atoms with Crippen molar-refractivity contribution in [3.05, 3.63) is 29.8 Å². The molecule has 1 fully saturated rings. The van der Waals surface area contributed by atoms with E-state index in [1.54, 1.807) is 0 Å². The number of nitrogens with zero attached hydrogens (tertiary/aromatic N) is 1. The van der Waals surface area contributed by atoms with E-state index in [4.69, 9.17) is 4.74 Å². The average Bonchev–Trinajstić information content (AvgIpc) is 2.53. The molecule has 1 N–H and O–H groups in total. The molecule has 0 bridgehead atoms. The first kappa shape index (κ1) is 14.4.